The third-order valence-corrected chi connectivity index (χ3v) is 3.22. The van der Waals surface area contributed by atoms with Gasteiger partial charge in [-0.05, 0) is 36.8 Å². The lowest BCUT2D eigenvalue weighted by Crippen LogP contribution is -2.15. The van der Waals surface area contributed by atoms with Crippen molar-refractivity contribution in [3.8, 4) is 5.75 Å². The summed E-state index contributed by atoms with van der Waals surface area (Å²) in [5.74, 6) is 0.456. The summed E-state index contributed by atoms with van der Waals surface area (Å²) >= 11 is 6.08. The Morgan fingerprint density at radius 1 is 1.29 bits per heavy atom. The SMILES string of the molecule is CCOc1ccc(NC(=O)Cc2ccccc2N)cc1Cl. The molecular formula is C16H17ClN2O2. The quantitative estimate of drug-likeness (QED) is 0.831. The fourth-order valence-corrected chi connectivity index (χ4v) is 2.16. The van der Waals surface area contributed by atoms with Crippen LogP contribution in [0, 0.1) is 0 Å². The summed E-state index contributed by atoms with van der Waals surface area (Å²) < 4.78 is 5.35. The van der Waals surface area contributed by atoms with Crippen molar-refractivity contribution in [1.29, 1.82) is 0 Å². The lowest BCUT2D eigenvalue weighted by molar-refractivity contribution is -0.115. The molecule has 0 saturated heterocycles. The largest absolute Gasteiger partial charge is 0.492 e. The lowest BCUT2D eigenvalue weighted by Gasteiger charge is -2.10. The normalized spacial score (nSPS) is 10.2. The summed E-state index contributed by atoms with van der Waals surface area (Å²) in [6, 6.07) is 12.5. The lowest BCUT2D eigenvalue weighted by atomic mass is 10.1. The number of halogens is 1. The zero-order valence-electron chi connectivity index (χ0n) is 11.7. The predicted molar refractivity (Wildman–Crippen MR) is 85.8 cm³/mol. The van der Waals surface area contributed by atoms with Crippen LogP contribution in [0.25, 0.3) is 0 Å². The maximum Gasteiger partial charge on any atom is 0.228 e. The molecule has 4 nitrogen and oxygen atoms in total. The van der Waals surface area contributed by atoms with Gasteiger partial charge in [0, 0.05) is 11.4 Å². The predicted octanol–water partition coefficient (Wildman–Crippen LogP) is 3.50. The van der Waals surface area contributed by atoms with Gasteiger partial charge in [-0.25, -0.2) is 0 Å². The summed E-state index contributed by atoms with van der Waals surface area (Å²) in [5, 5.41) is 3.26. The second kappa shape index (κ2) is 6.99. The highest BCUT2D eigenvalue weighted by Crippen LogP contribution is 2.27. The first-order valence-corrected chi connectivity index (χ1v) is 7.03. The number of ether oxygens (including phenoxy) is 1. The number of rotatable bonds is 5. The Balaban J connectivity index is 2.03. The monoisotopic (exact) mass is 304 g/mol. The zero-order chi connectivity index (χ0) is 15.2. The number of nitrogens with one attached hydrogen (secondary N) is 1. The Bertz CT molecular complexity index is 644. The second-order valence-electron chi connectivity index (χ2n) is 4.50. The van der Waals surface area contributed by atoms with Crippen LogP contribution in [0.3, 0.4) is 0 Å². The highest BCUT2D eigenvalue weighted by molar-refractivity contribution is 6.32. The van der Waals surface area contributed by atoms with Crippen molar-refractivity contribution in [2.75, 3.05) is 17.7 Å². The Hall–Kier alpha value is -2.20. The van der Waals surface area contributed by atoms with Crippen molar-refractivity contribution < 1.29 is 9.53 Å². The summed E-state index contributed by atoms with van der Waals surface area (Å²) in [7, 11) is 0. The maximum atomic E-state index is 12.0. The van der Waals surface area contributed by atoms with Gasteiger partial charge in [0.2, 0.25) is 5.91 Å². The van der Waals surface area contributed by atoms with Crippen LogP contribution in [0.1, 0.15) is 12.5 Å². The van der Waals surface area contributed by atoms with E-state index in [1.807, 2.05) is 25.1 Å². The van der Waals surface area contributed by atoms with Gasteiger partial charge in [0.1, 0.15) is 5.75 Å². The van der Waals surface area contributed by atoms with E-state index in [1.54, 1.807) is 24.3 Å². The first-order valence-electron chi connectivity index (χ1n) is 6.65. The molecule has 0 saturated carbocycles. The van der Waals surface area contributed by atoms with E-state index in [1.165, 1.54) is 0 Å². The van der Waals surface area contributed by atoms with Crippen molar-refractivity contribution in [2.45, 2.75) is 13.3 Å². The van der Waals surface area contributed by atoms with Gasteiger partial charge >= 0.3 is 0 Å². The van der Waals surface area contributed by atoms with E-state index in [2.05, 4.69) is 5.32 Å². The molecule has 1 amide bonds. The van der Waals surface area contributed by atoms with Gasteiger partial charge in [0.25, 0.3) is 0 Å². The summed E-state index contributed by atoms with van der Waals surface area (Å²) in [6.45, 7) is 2.43. The first-order chi connectivity index (χ1) is 10.1. The van der Waals surface area contributed by atoms with Crippen LogP contribution in [0.2, 0.25) is 5.02 Å². The minimum Gasteiger partial charge on any atom is -0.492 e. The molecular weight excluding hydrogens is 288 g/mol. The van der Waals surface area contributed by atoms with Crippen LogP contribution in [-0.2, 0) is 11.2 Å². The average molecular weight is 305 g/mol. The number of benzene rings is 2. The number of hydrogen-bond acceptors (Lipinski definition) is 3. The molecule has 0 atom stereocenters. The number of amides is 1. The molecule has 5 heteroatoms. The Kier molecular flexibility index (Phi) is 5.06. The Labute approximate surface area is 128 Å². The molecule has 2 rings (SSSR count). The van der Waals surface area contributed by atoms with E-state index >= 15 is 0 Å². The van der Waals surface area contributed by atoms with Gasteiger partial charge < -0.3 is 15.8 Å². The maximum absolute atomic E-state index is 12.0. The van der Waals surface area contributed by atoms with Crippen LogP contribution in [0.5, 0.6) is 5.75 Å². The van der Waals surface area contributed by atoms with Crippen LogP contribution in [0.15, 0.2) is 42.5 Å². The first kappa shape index (κ1) is 15.2. The molecule has 0 unspecified atom stereocenters. The van der Waals surface area contributed by atoms with Crippen LogP contribution < -0.4 is 15.8 Å². The minimum absolute atomic E-state index is 0.145. The van der Waals surface area contributed by atoms with Gasteiger partial charge in [-0.1, -0.05) is 29.8 Å². The molecule has 0 bridgehead atoms. The summed E-state index contributed by atoms with van der Waals surface area (Å²) in [4.78, 5) is 12.0. The van der Waals surface area contributed by atoms with Crippen molar-refractivity contribution in [3.63, 3.8) is 0 Å². The van der Waals surface area contributed by atoms with Crippen molar-refractivity contribution in [1.82, 2.24) is 0 Å². The van der Waals surface area contributed by atoms with Crippen LogP contribution in [-0.4, -0.2) is 12.5 Å². The topological polar surface area (TPSA) is 64.3 Å². The van der Waals surface area contributed by atoms with E-state index < -0.39 is 0 Å². The second-order valence-corrected chi connectivity index (χ2v) is 4.91. The molecule has 0 radical (unpaired) electrons. The Morgan fingerprint density at radius 2 is 2.05 bits per heavy atom. The fourth-order valence-electron chi connectivity index (χ4n) is 1.92. The molecule has 0 aliphatic rings. The summed E-state index contributed by atoms with van der Waals surface area (Å²) in [5.41, 5.74) is 7.86. The van der Waals surface area contributed by atoms with Gasteiger partial charge in [-0.3, -0.25) is 4.79 Å². The van der Waals surface area contributed by atoms with Gasteiger partial charge in [0.05, 0.1) is 18.1 Å². The third kappa shape index (κ3) is 4.13. The minimum atomic E-state index is -0.145. The molecule has 0 heterocycles. The number of para-hydroxylation sites is 1. The Morgan fingerprint density at radius 3 is 2.71 bits per heavy atom. The number of hydrogen-bond donors (Lipinski definition) is 2. The van der Waals surface area contributed by atoms with Crippen LogP contribution in [0.4, 0.5) is 11.4 Å². The third-order valence-electron chi connectivity index (χ3n) is 2.92. The molecule has 0 aliphatic heterocycles. The number of carbonyl (C=O) groups excluding carboxylic acids is 1. The number of nitrogens with two attached hydrogens (primary N) is 1. The van der Waals surface area contributed by atoms with Crippen molar-refractivity contribution in [3.05, 3.63) is 53.1 Å². The molecule has 110 valence electrons. The highest BCUT2D eigenvalue weighted by atomic mass is 35.5. The number of carbonyl (C=O) groups is 1. The van der Waals surface area contributed by atoms with E-state index in [0.717, 1.165) is 5.56 Å². The van der Waals surface area contributed by atoms with E-state index in [4.69, 9.17) is 22.1 Å². The molecule has 2 aromatic rings. The smallest absolute Gasteiger partial charge is 0.228 e. The molecule has 0 fully saturated rings. The fraction of sp³-hybridized carbons (Fsp3) is 0.188. The molecule has 0 aromatic heterocycles. The molecule has 0 aliphatic carbocycles. The van der Waals surface area contributed by atoms with Crippen molar-refractivity contribution in [2.24, 2.45) is 0 Å². The van der Waals surface area contributed by atoms with E-state index in [-0.39, 0.29) is 12.3 Å². The van der Waals surface area contributed by atoms with E-state index in [9.17, 15) is 4.79 Å². The van der Waals surface area contributed by atoms with Gasteiger partial charge in [-0.15, -0.1) is 0 Å². The average Bonchev–Trinajstić information content (AvgIpc) is 2.44. The molecule has 0 spiro atoms. The summed E-state index contributed by atoms with van der Waals surface area (Å²) in [6.07, 6.45) is 0.220. The van der Waals surface area contributed by atoms with Gasteiger partial charge in [0.15, 0.2) is 0 Å². The van der Waals surface area contributed by atoms with Gasteiger partial charge in [-0.2, -0.15) is 0 Å². The van der Waals surface area contributed by atoms with E-state index in [0.29, 0.717) is 28.8 Å². The number of anilines is 2. The number of nitrogen functional groups attached to an aromatic ring is 1. The standard InChI is InChI=1S/C16H17ClN2O2/c1-2-21-15-8-7-12(10-13(15)17)19-16(20)9-11-5-3-4-6-14(11)18/h3-8,10H,2,9,18H2,1H3,(H,19,20). The zero-order valence-corrected chi connectivity index (χ0v) is 12.5. The molecule has 3 N–H and O–H groups in total. The van der Waals surface area contributed by atoms with Crippen molar-refractivity contribution >= 4 is 28.9 Å². The highest BCUT2D eigenvalue weighted by Gasteiger charge is 2.08. The van der Waals surface area contributed by atoms with Crippen LogP contribution >= 0.6 is 11.6 Å². The molecule has 21 heavy (non-hydrogen) atoms. The molecule has 2 aromatic carbocycles.